The van der Waals surface area contributed by atoms with Gasteiger partial charge in [-0.25, -0.2) is 4.39 Å². The minimum absolute atomic E-state index is 0.264. The molecule has 2 rings (SSSR count). The Morgan fingerprint density at radius 3 is 2.35 bits per heavy atom. The first-order valence-electron chi connectivity index (χ1n) is 6.04. The summed E-state index contributed by atoms with van der Waals surface area (Å²) in [6.45, 7) is 0.505. The molecule has 2 aromatic rings. The molecule has 0 aliphatic rings. The van der Waals surface area contributed by atoms with Gasteiger partial charge in [0.1, 0.15) is 5.82 Å². The summed E-state index contributed by atoms with van der Waals surface area (Å²) in [5, 5.41) is 3.67. The summed E-state index contributed by atoms with van der Waals surface area (Å²) < 4.78 is 23.2. The van der Waals surface area contributed by atoms with Crippen LogP contribution in [0, 0.1) is 5.82 Å². The molecule has 0 aromatic heterocycles. The SMILES string of the molecule is COc1ccc(CNc2ccc(F)cc2)c(Cl)c1OC. The topological polar surface area (TPSA) is 30.5 Å². The summed E-state index contributed by atoms with van der Waals surface area (Å²) >= 11 is 6.28. The monoisotopic (exact) mass is 295 g/mol. The van der Waals surface area contributed by atoms with E-state index in [-0.39, 0.29) is 5.82 Å². The van der Waals surface area contributed by atoms with E-state index >= 15 is 0 Å². The Labute approximate surface area is 122 Å². The van der Waals surface area contributed by atoms with E-state index in [2.05, 4.69) is 5.32 Å². The number of methoxy groups -OCH3 is 2. The van der Waals surface area contributed by atoms with E-state index < -0.39 is 0 Å². The van der Waals surface area contributed by atoms with E-state index in [4.69, 9.17) is 21.1 Å². The van der Waals surface area contributed by atoms with Crippen LogP contribution < -0.4 is 14.8 Å². The van der Waals surface area contributed by atoms with E-state index in [0.717, 1.165) is 11.3 Å². The van der Waals surface area contributed by atoms with Crippen molar-refractivity contribution in [3.05, 3.63) is 52.8 Å². The molecule has 3 nitrogen and oxygen atoms in total. The van der Waals surface area contributed by atoms with Gasteiger partial charge in [-0.3, -0.25) is 0 Å². The van der Waals surface area contributed by atoms with E-state index in [1.54, 1.807) is 32.4 Å². The number of nitrogens with one attached hydrogen (secondary N) is 1. The highest BCUT2D eigenvalue weighted by Crippen LogP contribution is 2.37. The van der Waals surface area contributed by atoms with Crippen molar-refractivity contribution in [3.63, 3.8) is 0 Å². The second-order valence-electron chi connectivity index (χ2n) is 4.13. The van der Waals surface area contributed by atoms with Crippen molar-refractivity contribution in [2.45, 2.75) is 6.54 Å². The third-order valence-corrected chi connectivity index (χ3v) is 3.31. The van der Waals surface area contributed by atoms with E-state index in [0.29, 0.717) is 23.1 Å². The largest absolute Gasteiger partial charge is 0.493 e. The number of anilines is 1. The highest BCUT2D eigenvalue weighted by molar-refractivity contribution is 6.33. The first-order chi connectivity index (χ1) is 9.65. The molecule has 20 heavy (non-hydrogen) atoms. The average Bonchev–Trinajstić information content (AvgIpc) is 2.47. The van der Waals surface area contributed by atoms with Crippen LogP contribution in [0.3, 0.4) is 0 Å². The lowest BCUT2D eigenvalue weighted by Gasteiger charge is -2.13. The normalized spacial score (nSPS) is 10.2. The quantitative estimate of drug-likeness (QED) is 0.900. The lowest BCUT2D eigenvalue weighted by Crippen LogP contribution is -2.02. The van der Waals surface area contributed by atoms with Gasteiger partial charge >= 0.3 is 0 Å². The van der Waals surface area contributed by atoms with E-state index in [9.17, 15) is 4.39 Å². The summed E-state index contributed by atoms with van der Waals surface area (Å²) in [4.78, 5) is 0. The maximum atomic E-state index is 12.8. The predicted molar refractivity (Wildman–Crippen MR) is 78.3 cm³/mol. The van der Waals surface area contributed by atoms with Crippen LogP contribution in [-0.2, 0) is 6.54 Å². The van der Waals surface area contributed by atoms with Gasteiger partial charge in [-0.05, 0) is 35.9 Å². The van der Waals surface area contributed by atoms with Crippen molar-refractivity contribution in [2.75, 3.05) is 19.5 Å². The zero-order valence-electron chi connectivity index (χ0n) is 11.2. The molecule has 1 N–H and O–H groups in total. The standard InChI is InChI=1S/C15H15ClFNO2/c1-19-13-8-3-10(14(16)15(13)20-2)9-18-12-6-4-11(17)5-7-12/h3-8,18H,9H2,1-2H3. The molecule has 0 aliphatic heterocycles. The van der Waals surface area contributed by atoms with Crippen LogP contribution in [-0.4, -0.2) is 14.2 Å². The lowest BCUT2D eigenvalue weighted by atomic mass is 10.2. The molecular weight excluding hydrogens is 281 g/mol. The molecule has 0 aliphatic carbocycles. The lowest BCUT2D eigenvalue weighted by molar-refractivity contribution is 0.355. The Balaban J connectivity index is 2.15. The van der Waals surface area contributed by atoms with Crippen LogP contribution in [0.25, 0.3) is 0 Å². The number of hydrogen-bond donors (Lipinski definition) is 1. The van der Waals surface area contributed by atoms with Crippen molar-refractivity contribution < 1.29 is 13.9 Å². The van der Waals surface area contributed by atoms with Gasteiger partial charge in [-0.1, -0.05) is 17.7 Å². The maximum absolute atomic E-state index is 12.8. The summed E-state index contributed by atoms with van der Waals surface area (Å²) in [6, 6.07) is 9.80. The van der Waals surface area contributed by atoms with Crippen LogP contribution in [0.15, 0.2) is 36.4 Å². The first-order valence-corrected chi connectivity index (χ1v) is 6.42. The van der Waals surface area contributed by atoms with Gasteiger partial charge in [0.15, 0.2) is 11.5 Å². The van der Waals surface area contributed by atoms with Crippen LogP contribution in [0.2, 0.25) is 5.02 Å². The van der Waals surface area contributed by atoms with Gasteiger partial charge in [0.05, 0.1) is 19.2 Å². The first kappa shape index (κ1) is 14.5. The molecule has 2 aromatic carbocycles. The van der Waals surface area contributed by atoms with Crippen LogP contribution >= 0.6 is 11.6 Å². The maximum Gasteiger partial charge on any atom is 0.179 e. The molecule has 0 fully saturated rings. The number of halogens is 2. The van der Waals surface area contributed by atoms with Gasteiger partial charge in [-0.15, -0.1) is 0 Å². The van der Waals surface area contributed by atoms with Gasteiger partial charge in [0.25, 0.3) is 0 Å². The summed E-state index contributed by atoms with van der Waals surface area (Å²) in [5.74, 6) is 0.829. The molecule has 106 valence electrons. The van der Waals surface area contributed by atoms with Crippen molar-refractivity contribution in [3.8, 4) is 11.5 Å². The summed E-state index contributed by atoms with van der Waals surface area (Å²) in [6.07, 6.45) is 0. The minimum Gasteiger partial charge on any atom is -0.493 e. The third kappa shape index (κ3) is 3.14. The van der Waals surface area contributed by atoms with Gasteiger partial charge < -0.3 is 14.8 Å². The van der Waals surface area contributed by atoms with Gasteiger partial charge in [-0.2, -0.15) is 0 Å². The Bertz CT molecular complexity index is 587. The fourth-order valence-electron chi connectivity index (χ4n) is 1.83. The fraction of sp³-hybridized carbons (Fsp3) is 0.200. The number of ether oxygens (including phenoxy) is 2. The Morgan fingerprint density at radius 1 is 1.05 bits per heavy atom. The highest BCUT2D eigenvalue weighted by Gasteiger charge is 2.12. The van der Waals surface area contributed by atoms with Crippen molar-refractivity contribution >= 4 is 17.3 Å². The molecule has 0 amide bonds. The molecular formula is C15H15ClFNO2. The van der Waals surface area contributed by atoms with E-state index in [1.165, 1.54) is 12.1 Å². The third-order valence-electron chi connectivity index (χ3n) is 2.89. The highest BCUT2D eigenvalue weighted by atomic mass is 35.5. The predicted octanol–water partition coefficient (Wildman–Crippen LogP) is 4.11. The smallest absolute Gasteiger partial charge is 0.179 e. The number of benzene rings is 2. The van der Waals surface area contributed by atoms with Crippen molar-refractivity contribution in [1.29, 1.82) is 0 Å². The average molecular weight is 296 g/mol. The van der Waals surface area contributed by atoms with E-state index in [1.807, 2.05) is 6.07 Å². The Kier molecular flexibility index (Phi) is 4.69. The van der Waals surface area contributed by atoms with Crippen LogP contribution in [0.1, 0.15) is 5.56 Å². The van der Waals surface area contributed by atoms with Crippen molar-refractivity contribution in [1.82, 2.24) is 0 Å². The second kappa shape index (κ2) is 6.48. The van der Waals surface area contributed by atoms with Crippen LogP contribution in [0.4, 0.5) is 10.1 Å². The minimum atomic E-state index is -0.264. The molecule has 0 saturated carbocycles. The Morgan fingerprint density at radius 2 is 1.75 bits per heavy atom. The molecule has 0 bridgehead atoms. The molecule has 0 spiro atoms. The fourth-order valence-corrected chi connectivity index (χ4v) is 2.13. The van der Waals surface area contributed by atoms with Crippen LogP contribution in [0.5, 0.6) is 11.5 Å². The summed E-state index contributed by atoms with van der Waals surface area (Å²) in [5.41, 5.74) is 1.69. The zero-order valence-corrected chi connectivity index (χ0v) is 12.0. The van der Waals surface area contributed by atoms with Gasteiger partial charge in [0, 0.05) is 12.2 Å². The second-order valence-corrected chi connectivity index (χ2v) is 4.51. The number of rotatable bonds is 5. The van der Waals surface area contributed by atoms with Gasteiger partial charge in [0.2, 0.25) is 0 Å². The molecule has 0 atom stereocenters. The molecule has 0 saturated heterocycles. The molecule has 0 unspecified atom stereocenters. The molecule has 5 heteroatoms. The number of hydrogen-bond acceptors (Lipinski definition) is 3. The molecule has 0 heterocycles. The Hall–Kier alpha value is -1.94. The molecule has 0 radical (unpaired) electrons. The zero-order chi connectivity index (χ0) is 14.5. The van der Waals surface area contributed by atoms with Crippen molar-refractivity contribution in [2.24, 2.45) is 0 Å². The summed E-state index contributed by atoms with van der Waals surface area (Å²) in [7, 11) is 3.10.